The number of carbonyl (C=O) groups excluding carboxylic acids is 2. The molecule has 0 saturated carbocycles. The molecule has 0 radical (unpaired) electrons. The largest absolute Gasteiger partial charge is 0.368 e. The second kappa shape index (κ2) is 8.78. The van der Waals surface area contributed by atoms with E-state index in [1.807, 2.05) is 41.3 Å². The predicted octanol–water partition coefficient (Wildman–Crippen LogP) is 4.32. The first-order chi connectivity index (χ1) is 17.1. The van der Waals surface area contributed by atoms with Crippen LogP contribution in [0, 0.1) is 0 Å². The van der Waals surface area contributed by atoms with E-state index < -0.39 is 0 Å². The number of carbonyl (C=O) groups is 2. The second-order valence-electron chi connectivity index (χ2n) is 8.76. The molecule has 2 heterocycles. The molecule has 0 N–H and O–H groups in total. The number of rotatable bonds is 5. The summed E-state index contributed by atoms with van der Waals surface area (Å²) in [6, 6.07) is 20.0. The predicted molar refractivity (Wildman–Crippen MR) is 138 cm³/mol. The number of amides is 1. The summed E-state index contributed by atoms with van der Waals surface area (Å²) >= 11 is 1.34. The first-order valence-corrected chi connectivity index (χ1v) is 12.6. The number of piperazine rings is 1. The van der Waals surface area contributed by atoms with Crippen molar-refractivity contribution in [1.29, 1.82) is 0 Å². The lowest BCUT2D eigenvalue weighted by Gasteiger charge is -2.36. The van der Waals surface area contributed by atoms with E-state index in [9.17, 15) is 9.59 Å². The molecule has 1 aliphatic carbocycles. The molecule has 0 spiro atoms. The van der Waals surface area contributed by atoms with Crippen LogP contribution in [0.3, 0.4) is 0 Å². The summed E-state index contributed by atoms with van der Waals surface area (Å²) in [5.41, 5.74) is 5.57. The lowest BCUT2D eigenvalue weighted by Crippen LogP contribution is -2.49. The summed E-state index contributed by atoms with van der Waals surface area (Å²) in [6.07, 6.45) is 0. The minimum atomic E-state index is 0.0635. The fourth-order valence-electron chi connectivity index (χ4n) is 4.82. The molecule has 1 amide bonds. The van der Waals surface area contributed by atoms with E-state index >= 15 is 0 Å². The van der Waals surface area contributed by atoms with Crippen LogP contribution in [-0.2, 0) is 4.79 Å². The Morgan fingerprint density at radius 2 is 1.54 bits per heavy atom. The maximum Gasteiger partial charge on any atom is 0.233 e. The molecular weight excluding hydrogens is 458 g/mol. The molecule has 1 aliphatic heterocycles. The average Bonchev–Trinajstić information content (AvgIpc) is 3.22. The zero-order valence-corrected chi connectivity index (χ0v) is 20.1. The van der Waals surface area contributed by atoms with Crippen molar-refractivity contribution < 1.29 is 9.59 Å². The van der Waals surface area contributed by atoms with Gasteiger partial charge in [-0.1, -0.05) is 48.2 Å². The number of aromatic nitrogens is 3. The molecule has 1 saturated heterocycles. The Kier molecular flexibility index (Phi) is 5.45. The molecule has 0 bridgehead atoms. The zero-order chi connectivity index (χ0) is 23.9. The average molecular weight is 482 g/mol. The van der Waals surface area contributed by atoms with Gasteiger partial charge in [0.15, 0.2) is 5.78 Å². The first-order valence-electron chi connectivity index (χ1n) is 11.6. The van der Waals surface area contributed by atoms with Crippen LogP contribution in [0.15, 0.2) is 65.8 Å². The van der Waals surface area contributed by atoms with Crippen LogP contribution in [0.4, 0.5) is 5.69 Å². The number of thioether (sulfide) groups is 1. The van der Waals surface area contributed by atoms with Gasteiger partial charge in [-0.05, 0) is 36.6 Å². The van der Waals surface area contributed by atoms with Gasteiger partial charge in [-0.25, -0.2) is 4.98 Å². The maximum absolute atomic E-state index is 12.9. The molecule has 8 heteroatoms. The quantitative estimate of drug-likeness (QED) is 0.273. The molecule has 1 aromatic heterocycles. The number of hydrogen-bond acceptors (Lipinski definition) is 7. The molecule has 3 aromatic carbocycles. The molecular formula is C27H23N5O2S. The van der Waals surface area contributed by atoms with E-state index in [1.165, 1.54) is 17.1 Å². The van der Waals surface area contributed by atoms with Gasteiger partial charge >= 0.3 is 0 Å². The standard InChI is InChI=1S/C27H23N5O2S/c1-17(33)18-8-10-20(11-9-18)31-12-14-32(15-13-31)23(34)16-35-27-28-25-21-6-2-4-19-5-3-7-22(24(19)21)26(25)29-30-27/h2-11H,12-16H2,1H3. The molecule has 7 nitrogen and oxygen atoms in total. The van der Waals surface area contributed by atoms with Crippen molar-refractivity contribution in [2.45, 2.75) is 12.1 Å². The number of hydrogen-bond donors (Lipinski definition) is 0. The van der Waals surface area contributed by atoms with Crippen LogP contribution < -0.4 is 4.90 Å². The molecule has 35 heavy (non-hydrogen) atoms. The highest BCUT2D eigenvalue weighted by molar-refractivity contribution is 7.99. The van der Waals surface area contributed by atoms with E-state index in [0.29, 0.717) is 23.8 Å². The van der Waals surface area contributed by atoms with Crippen LogP contribution in [0.1, 0.15) is 17.3 Å². The minimum Gasteiger partial charge on any atom is -0.368 e. The Balaban J connectivity index is 1.09. The van der Waals surface area contributed by atoms with E-state index in [4.69, 9.17) is 4.98 Å². The molecule has 1 fully saturated rings. The number of ketones is 1. The van der Waals surface area contributed by atoms with Crippen LogP contribution >= 0.6 is 11.8 Å². The van der Waals surface area contributed by atoms with Gasteiger partial charge in [0, 0.05) is 53.9 Å². The van der Waals surface area contributed by atoms with Gasteiger partial charge in [-0.15, -0.1) is 10.2 Å². The van der Waals surface area contributed by atoms with Crippen LogP contribution in [0.2, 0.25) is 0 Å². The Labute approximate surface area is 207 Å². The van der Waals surface area contributed by atoms with Gasteiger partial charge in [0.25, 0.3) is 0 Å². The lowest BCUT2D eigenvalue weighted by molar-refractivity contribution is -0.128. The third-order valence-corrected chi connectivity index (χ3v) is 7.50. The molecule has 0 unspecified atom stereocenters. The molecule has 6 rings (SSSR count). The van der Waals surface area contributed by atoms with Crippen molar-refractivity contribution >= 4 is 39.9 Å². The van der Waals surface area contributed by atoms with E-state index in [2.05, 4.69) is 39.4 Å². The normalized spacial score (nSPS) is 14.3. The maximum atomic E-state index is 12.9. The number of anilines is 1. The van der Waals surface area contributed by atoms with Crippen LogP contribution in [0.25, 0.3) is 33.3 Å². The number of benzene rings is 3. The third-order valence-electron chi connectivity index (χ3n) is 6.68. The summed E-state index contributed by atoms with van der Waals surface area (Å²) in [5, 5.41) is 11.6. The highest BCUT2D eigenvalue weighted by atomic mass is 32.2. The number of fused-ring (bicyclic) bond motifs is 3. The lowest BCUT2D eigenvalue weighted by atomic mass is 10.0. The van der Waals surface area contributed by atoms with Gasteiger partial charge in [0.2, 0.25) is 11.1 Å². The molecule has 4 aromatic rings. The number of Topliss-reactive ketones (excluding diaryl/α,β-unsaturated/α-hetero) is 1. The fraction of sp³-hybridized carbons (Fsp3) is 0.222. The Bertz CT molecular complexity index is 1460. The summed E-state index contributed by atoms with van der Waals surface area (Å²) in [5.74, 6) is 0.426. The van der Waals surface area contributed by atoms with Crippen molar-refractivity contribution in [3.63, 3.8) is 0 Å². The van der Waals surface area contributed by atoms with Crippen molar-refractivity contribution in [3.8, 4) is 22.5 Å². The van der Waals surface area contributed by atoms with E-state index in [1.54, 1.807) is 6.92 Å². The smallest absolute Gasteiger partial charge is 0.233 e. The van der Waals surface area contributed by atoms with Crippen LogP contribution in [0.5, 0.6) is 0 Å². The van der Waals surface area contributed by atoms with Crippen LogP contribution in [-0.4, -0.2) is 63.7 Å². The van der Waals surface area contributed by atoms with Crippen molar-refractivity contribution in [1.82, 2.24) is 20.1 Å². The topological polar surface area (TPSA) is 79.3 Å². The second-order valence-corrected chi connectivity index (χ2v) is 9.70. The van der Waals surface area contributed by atoms with Crippen molar-refractivity contribution in [2.75, 3.05) is 36.8 Å². The van der Waals surface area contributed by atoms with Gasteiger partial charge in [0.1, 0.15) is 11.4 Å². The summed E-state index contributed by atoms with van der Waals surface area (Å²) < 4.78 is 0. The Morgan fingerprint density at radius 3 is 2.23 bits per heavy atom. The Hall–Kier alpha value is -3.78. The molecule has 2 aliphatic rings. The molecule has 174 valence electrons. The summed E-state index contributed by atoms with van der Waals surface area (Å²) in [6.45, 7) is 4.41. The SMILES string of the molecule is CC(=O)c1ccc(N2CCN(C(=O)CSc3nnc4c(n3)-c3cccc5cccc-4c35)CC2)cc1. The van der Waals surface area contributed by atoms with Crippen molar-refractivity contribution in [2.24, 2.45) is 0 Å². The third kappa shape index (κ3) is 3.93. The minimum absolute atomic E-state index is 0.0635. The molecule has 0 atom stereocenters. The van der Waals surface area contributed by atoms with Gasteiger partial charge in [-0.3, -0.25) is 9.59 Å². The zero-order valence-electron chi connectivity index (χ0n) is 19.3. The monoisotopic (exact) mass is 481 g/mol. The first kappa shape index (κ1) is 21.7. The highest BCUT2D eigenvalue weighted by Crippen LogP contribution is 2.44. The van der Waals surface area contributed by atoms with Gasteiger partial charge in [0.05, 0.1) is 5.75 Å². The van der Waals surface area contributed by atoms with Gasteiger partial charge in [-0.2, -0.15) is 0 Å². The Morgan fingerprint density at radius 1 is 0.857 bits per heavy atom. The van der Waals surface area contributed by atoms with Crippen molar-refractivity contribution in [3.05, 3.63) is 66.2 Å². The van der Waals surface area contributed by atoms with E-state index in [0.717, 1.165) is 46.7 Å². The number of nitrogens with zero attached hydrogens (tertiary/aromatic N) is 5. The summed E-state index contributed by atoms with van der Waals surface area (Å²) in [7, 11) is 0. The van der Waals surface area contributed by atoms with E-state index in [-0.39, 0.29) is 17.4 Å². The summed E-state index contributed by atoms with van der Waals surface area (Å²) in [4.78, 5) is 33.3. The highest BCUT2D eigenvalue weighted by Gasteiger charge is 2.26. The fourth-order valence-corrected chi connectivity index (χ4v) is 5.51. The van der Waals surface area contributed by atoms with Gasteiger partial charge < -0.3 is 9.80 Å².